The van der Waals surface area contributed by atoms with Gasteiger partial charge in [0.25, 0.3) is 0 Å². The Balaban J connectivity index is 1.51. The van der Waals surface area contributed by atoms with E-state index in [-0.39, 0.29) is 12.3 Å². The maximum Gasteiger partial charge on any atom is 0.338 e. The van der Waals surface area contributed by atoms with E-state index in [0.717, 1.165) is 5.01 Å². The molecule has 7 heteroatoms. The highest BCUT2D eigenvalue weighted by atomic mass is 35.5. The Labute approximate surface area is 159 Å². The summed E-state index contributed by atoms with van der Waals surface area (Å²) in [7, 11) is 0. The standard InChI is InChI=1S/C19H15ClN2O3S/c20-14-6-8-15(9-7-14)24-11-18-22-17(12-26-18)16(21)10-25-19(23)13-4-2-1-3-5-13/h1-9,12,21H,10-11H2. The van der Waals surface area contributed by atoms with E-state index in [1.165, 1.54) is 11.3 Å². The summed E-state index contributed by atoms with van der Waals surface area (Å²) < 4.78 is 10.8. The number of nitrogens with one attached hydrogen (secondary N) is 1. The van der Waals surface area contributed by atoms with E-state index in [9.17, 15) is 4.79 Å². The van der Waals surface area contributed by atoms with E-state index >= 15 is 0 Å². The Bertz CT molecular complexity index is 895. The first-order valence-corrected chi connectivity index (χ1v) is 9.00. The molecule has 0 spiro atoms. The van der Waals surface area contributed by atoms with Crippen molar-refractivity contribution in [3.63, 3.8) is 0 Å². The summed E-state index contributed by atoms with van der Waals surface area (Å²) >= 11 is 7.22. The molecule has 3 aromatic rings. The Morgan fingerprint density at radius 1 is 1.12 bits per heavy atom. The molecule has 0 amide bonds. The van der Waals surface area contributed by atoms with E-state index in [2.05, 4.69) is 4.98 Å². The summed E-state index contributed by atoms with van der Waals surface area (Å²) in [5.41, 5.74) is 1.07. The largest absolute Gasteiger partial charge is 0.486 e. The highest BCUT2D eigenvalue weighted by Crippen LogP contribution is 2.18. The number of hydrogen-bond acceptors (Lipinski definition) is 6. The fourth-order valence-electron chi connectivity index (χ4n) is 2.06. The lowest BCUT2D eigenvalue weighted by Crippen LogP contribution is -2.14. The molecule has 0 aliphatic carbocycles. The fourth-order valence-corrected chi connectivity index (χ4v) is 2.91. The van der Waals surface area contributed by atoms with Crippen molar-refractivity contribution in [3.8, 4) is 5.75 Å². The molecule has 26 heavy (non-hydrogen) atoms. The molecule has 0 bridgehead atoms. The second-order valence-corrected chi connectivity index (χ2v) is 6.67. The summed E-state index contributed by atoms with van der Waals surface area (Å²) in [5, 5.41) is 11.2. The summed E-state index contributed by atoms with van der Waals surface area (Å²) in [4.78, 5) is 16.2. The maximum absolute atomic E-state index is 11.9. The number of carbonyl (C=O) groups excluding carboxylic acids is 1. The van der Waals surface area contributed by atoms with Crippen LogP contribution in [0.5, 0.6) is 5.75 Å². The number of nitrogens with zero attached hydrogens (tertiary/aromatic N) is 1. The van der Waals surface area contributed by atoms with E-state index in [0.29, 0.717) is 28.6 Å². The predicted octanol–water partition coefficient (Wildman–Crippen LogP) is 4.60. The third-order valence-electron chi connectivity index (χ3n) is 3.39. The fraction of sp³-hybridized carbons (Fsp3) is 0.105. The van der Waals surface area contributed by atoms with Crippen LogP contribution in [0.25, 0.3) is 0 Å². The zero-order valence-corrected chi connectivity index (χ0v) is 15.2. The van der Waals surface area contributed by atoms with Crippen LogP contribution in [0.2, 0.25) is 5.02 Å². The van der Waals surface area contributed by atoms with Gasteiger partial charge in [-0.05, 0) is 36.4 Å². The van der Waals surface area contributed by atoms with Crippen LogP contribution in [0, 0.1) is 5.41 Å². The summed E-state index contributed by atoms with van der Waals surface area (Å²) in [6.45, 7) is 0.165. The van der Waals surface area contributed by atoms with Crippen LogP contribution >= 0.6 is 22.9 Å². The lowest BCUT2D eigenvalue weighted by atomic mass is 10.2. The zero-order valence-electron chi connectivity index (χ0n) is 13.6. The van der Waals surface area contributed by atoms with Crippen LogP contribution in [-0.2, 0) is 11.3 Å². The molecule has 0 unspecified atom stereocenters. The van der Waals surface area contributed by atoms with E-state index in [1.807, 2.05) is 6.07 Å². The van der Waals surface area contributed by atoms with Gasteiger partial charge in [-0.2, -0.15) is 0 Å². The molecule has 0 aliphatic heterocycles. The van der Waals surface area contributed by atoms with Crippen LogP contribution < -0.4 is 4.74 Å². The normalized spacial score (nSPS) is 10.3. The zero-order chi connectivity index (χ0) is 18.4. The first kappa shape index (κ1) is 18.1. The second kappa shape index (κ2) is 8.60. The Kier molecular flexibility index (Phi) is 5.99. The molecule has 1 heterocycles. The van der Waals surface area contributed by atoms with E-state index in [1.54, 1.807) is 53.9 Å². The first-order valence-electron chi connectivity index (χ1n) is 7.74. The van der Waals surface area contributed by atoms with Gasteiger partial charge < -0.3 is 9.47 Å². The number of hydrogen-bond donors (Lipinski definition) is 1. The van der Waals surface area contributed by atoms with Crippen molar-refractivity contribution in [2.24, 2.45) is 0 Å². The molecule has 0 saturated carbocycles. The monoisotopic (exact) mass is 386 g/mol. The smallest absolute Gasteiger partial charge is 0.338 e. The van der Waals surface area contributed by atoms with Gasteiger partial charge in [-0.25, -0.2) is 9.78 Å². The van der Waals surface area contributed by atoms with Crippen molar-refractivity contribution < 1.29 is 14.3 Å². The molecule has 0 saturated heterocycles. The third-order valence-corrected chi connectivity index (χ3v) is 4.47. The molecule has 1 N–H and O–H groups in total. The van der Waals surface area contributed by atoms with Crippen molar-refractivity contribution in [2.75, 3.05) is 6.61 Å². The lowest BCUT2D eigenvalue weighted by Gasteiger charge is -2.05. The molecule has 0 atom stereocenters. The minimum atomic E-state index is -0.461. The van der Waals surface area contributed by atoms with Gasteiger partial charge in [0.15, 0.2) is 0 Å². The molecule has 2 aromatic carbocycles. The van der Waals surface area contributed by atoms with Gasteiger partial charge in [0, 0.05) is 10.4 Å². The van der Waals surface area contributed by atoms with Crippen molar-refractivity contribution in [1.29, 1.82) is 5.41 Å². The van der Waals surface area contributed by atoms with Gasteiger partial charge in [0.1, 0.15) is 24.0 Å². The lowest BCUT2D eigenvalue weighted by molar-refractivity contribution is 0.0563. The molecule has 3 rings (SSSR count). The van der Waals surface area contributed by atoms with Gasteiger partial charge in [0.2, 0.25) is 0 Å². The summed E-state index contributed by atoms with van der Waals surface area (Å²) in [6, 6.07) is 15.7. The quantitative estimate of drug-likeness (QED) is 0.475. The molecular formula is C19H15ClN2O3S. The molecular weight excluding hydrogens is 372 g/mol. The van der Waals surface area contributed by atoms with Crippen molar-refractivity contribution in [1.82, 2.24) is 4.98 Å². The van der Waals surface area contributed by atoms with Crippen LogP contribution in [0.1, 0.15) is 21.1 Å². The number of esters is 1. The molecule has 0 fully saturated rings. The van der Waals surface area contributed by atoms with E-state index < -0.39 is 5.97 Å². The highest BCUT2D eigenvalue weighted by Gasteiger charge is 2.12. The summed E-state index contributed by atoms with van der Waals surface area (Å²) in [6.07, 6.45) is 0. The predicted molar refractivity (Wildman–Crippen MR) is 101 cm³/mol. The number of halogens is 1. The number of aromatic nitrogens is 1. The maximum atomic E-state index is 11.9. The Morgan fingerprint density at radius 2 is 1.85 bits per heavy atom. The summed E-state index contributed by atoms with van der Waals surface area (Å²) in [5.74, 6) is 0.231. The molecule has 132 valence electrons. The van der Waals surface area contributed by atoms with Crippen LogP contribution in [0.15, 0.2) is 60.0 Å². The molecule has 1 aromatic heterocycles. The molecule has 0 aliphatic rings. The van der Waals surface area contributed by atoms with Gasteiger partial charge in [-0.1, -0.05) is 29.8 Å². The van der Waals surface area contributed by atoms with Gasteiger partial charge in [-0.15, -0.1) is 11.3 Å². The first-order chi connectivity index (χ1) is 12.6. The minimum absolute atomic E-state index is 0.130. The highest BCUT2D eigenvalue weighted by molar-refractivity contribution is 7.09. The SMILES string of the molecule is N=C(COC(=O)c1ccccc1)c1csc(COc2ccc(Cl)cc2)n1. The molecule has 5 nitrogen and oxygen atoms in total. The average molecular weight is 387 g/mol. The van der Waals surface area contributed by atoms with Crippen LogP contribution in [0.4, 0.5) is 0 Å². The third kappa shape index (κ3) is 4.91. The number of rotatable bonds is 7. The van der Waals surface area contributed by atoms with Gasteiger partial charge >= 0.3 is 5.97 Å². The van der Waals surface area contributed by atoms with E-state index in [4.69, 9.17) is 26.5 Å². The molecule has 0 radical (unpaired) electrons. The van der Waals surface area contributed by atoms with Gasteiger partial charge in [0.05, 0.1) is 17.0 Å². The Hall–Kier alpha value is -2.70. The van der Waals surface area contributed by atoms with Crippen molar-refractivity contribution in [3.05, 3.63) is 81.3 Å². The second-order valence-electron chi connectivity index (χ2n) is 5.29. The number of thiazole rings is 1. The topological polar surface area (TPSA) is 72.3 Å². The Morgan fingerprint density at radius 3 is 2.58 bits per heavy atom. The number of benzene rings is 2. The van der Waals surface area contributed by atoms with Gasteiger partial charge in [-0.3, -0.25) is 5.41 Å². The van der Waals surface area contributed by atoms with Crippen LogP contribution in [0.3, 0.4) is 0 Å². The van der Waals surface area contributed by atoms with Crippen molar-refractivity contribution >= 4 is 34.6 Å². The number of carbonyl (C=O) groups is 1. The van der Waals surface area contributed by atoms with Crippen LogP contribution in [-0.4, -0.2) is 23.3 Å². The van der Waals surface area contributed by atoms with Crippen molar-refractivity contribution in [2.45, 2.75) is 6.61 Å². The minimum Gasteiger partial charge on any atom is -0.486 e. The average Bonchev–Trinajstić information content (AvgIpc) is 3.15. The number of ether oxygens (including phenoxy) is 2.